The molecule has 0 atom stereocenters. The zero-order chi connectivity index (χ0) is 10.2. The molecule has 0 aliphatic heterocycles. The van der Waals surface area contributed by atoms with Crippen LogP contribution in [0.5, 0.6) is 0 Å². The average Bonchev–Trinajstić information content (AvgIpc) is 2.18. The molecule has 0 saturated carbocycles. The smallest absolute Gasteiger partial charge is 0.302 e. The monoisotopic (exact) mass is 190 g/mol. The van der Waals surface area contributed by atoms with E-state index in [-0.39, 0.29) is 5.97 Å². The summed E-state index contributed by atoms with van der Waals surface area (Å²) in [5.41, 5.74) is 1.26. The Bertz CT molecular complexity index is 301. The first kappa shape index (κ1) is 10.5. The van der Waals surface area contributed by atoms with Crippen LogP contribution >= 0.6 is 0 Å². The topological polar surface area (TPSA) is 26.3 Å². The van der Waals surface area contributed by atoms with E-state index in [1.807, 2.05) is 30.4 Å². The van der Waals surface area contributed by atoms with E-state index >= 15 is 0 Å². The second-order valence-corrected chi connectivity index (χ2v) is 2.96. The summed E-state index contributed by atoms with van der Waals surface area (Å²) in [6, 6.07) is 10.1. The van der Waals surface area contributed by atoms with Gasteiger partial charge in [-0.25, -0.2) is 0 Å². The summed E-state index contributed by atoms with van der Waals surface area (Å²) in [6.45, 7) is 1.77. The number of carbonyl (C=O) groups excluding carboxylic acids is 1. The largest absolute Gasteiger partial charge is 0.462 e. The minimum absolute atomic E-state index is 0.241. The highest BCUT2D eigenvalue weighted by atomic mass is 16.5. The first-order valence-corrected chi connectivity index (χ1v) is 4.61. The van der Waals surface area contributed by atoms with Gasteiger partial charge in [0.05, 0.1) is 0 Å². The molecular formula is C12H14O2. The Balaban J connectivity index is 2.24. The van der Waals surface area contributed by atoms with Crippen LogP contribution in [0.3, 0.4) is 0 Å². The first-order chi connectivity index (χ1) is 6.79. The maximum absolute atomic E-state index is 10.4. The highest BCUT2D eigenvalue weighted by molar-refractivity contribution is 5.65. The summed E-state index contributed by atoms with van der Waals surface area (Å²) < 4.78 is 4.75. The van der Waals surface area contributed by atoms with Gasteiger partial charge in [-0.3, -0.25) is 4.79 Å². The van der Waals surface area contributed by atoms with Crippen molar-refractivity contribution in [3.8, 4) is 0 Å². The van der Waals surface area contributed by atoms with Crippen molar-refractivity contribution in [2.24, 2.45) is 0 Å². The summed E-state index contributed by atoms with van der Waals surface area (Å²) in [6.07, 6.45) is 4.73. The Hall–Kier alpha value is -1.57. The van der Waals surface area contributed by atoms with Gasteiger partial charge in [-0.05, 0) is 12.0 Å². The second kappa shape index (κ2) is 5.97. The number of hydrogen-bond donors (Lipinski definition) is 0. The zero-order valence-electron chi connectivity index (χ0n) is 8.27. The van der Waals surface area contributed by atoms with Crippen LogP contribution in [0.15, 0.2) is 42.5 Å². The molecule has 1 aromatic rings. The molecule has 0 aliphatic carbocycles. The molecule has 0 aliphatic rings. The fourth-order valence-electron chi connectivity index (χ4n) is 1.07. The van der Waals surface area contributed by atoms with E-state index in [2.05, 4.69) is 12.1 Å². The van der Waals surface area contributed by atoms with Crippen LogP contribution in [0.4, 0.5) is 0 Å². The highest BCUT2D eigenvalue weighted by Gasteiger charge is 1.88. The molecule has 0 bridgehead atoms. The summed E-state index contributed by atoms with van der Waals surface area (Å²) >= 11 is 0. The Morgan fingerprint density at radius 2 is 2.00 bits per heavy atom. The molecule has 2 heteroatoms. The number of benzene rings is 1. The number of hydrogen-bond acceptors (Lipinski definition) is 2. The van der Waals surface area contributed by atoms with Crippen molar-refractivity contribution in [2.75, 3.05) is 6.61 Å². The predicted molar refractivity (Wildman–Crippen MR) is 55.9 cm³/mol. The van der Waals surface area contributed by atoms with Gasteiger partial charge in [0.25, 0.3) is 0 Å². The lowest BCUT2D eigenvalue weighted by Gasteiger charge is -1.96. The molecule has 0 amide bonds. The van der Waals surface area contributed by atoms with E-state index in [0.29, 0.717) is 6.61 Å². The molecule has 0 fully saturated rings. The molecule has 2 nitrogen and oxygen atoms in total. The third-order valence-corrected chi connectivity index (χ3v) is 1.75. The van der Waals surface area contributed by atoms with Gasteiger partial charge in [0, 0.05) is 6.92 Å². The SMILES string of the molecule is CC(=O)OC/C=C\Cc1ccccc1. The van der Waals surface area contributed by atoms with Crippen molar-refractivity contribution in [1.29, 1.82) is 0 Å². The standard InChI is InChI=1S/C12H14O2/c1-11(13)14-10-6-5-9-12-7-3-2-4-8-12/h2-8H,9-10H2,1H3/b6-5-. The molecule has 0 heterocycles. The van der Waals surface area contributed by atoms with Crippen LogP contribution in [0.1, 0.15) is 12.5 Å². The molecule has 1 rings (SSSR count). The van der Waals surface area contributed by atoms with E-state index in [1.165, 1.54) is 12.5 Å². The van der Waals surface area contributed by atoms with E-state index in [0.717, 1.165) is 6.42 Å². The van der Waals surface area contributed by atoms with E-state index in [9.17, 15) is 4.79 Å². The summed E-state index contributed by atoms with van der Waals surface area (Å²) in [5, 5.41) is 0. The molecule has 14 heavy (non-hydrogen) atoms. The Kier molecular flexibility index (Phi) is 4.48. The molecule has 1 aromatic carbocycles. The third kappa shape index (κ3) is 4.45. The zero-order valence-corrected chi connectivity index (χ0v) is 8.27. The molecule has 0 spiro atoms. The highest BCUT2D eigenvalue weighted by Crippen LogP contribution is 1.99. The van der Waals surface area contributed by atoms with Gasteiger partial charge in [-0.2, -0.15) is 0 Å². The molecule has 0 saturated heterocycles. The fourth-order valence-corrected chi connectivity index (χ4v) is 1.07. The molecular weight excluding hydrogens is 176 g/mol. The number of carbonyl (C=O) groups is 1. The van der Waals surface area contributed by atoms with Crippen LogP contribution < -0.4 is 0 Å². The van der Waals surface area contributed by atoms with Crippen LogP contribution in [0, 0.1) is 0 Å². The van der Waals surface area contributed by atoms with Crippen LogP contribution in [0.2, 0.25) is 0 Å². The lowest BCUT2D eigenvalue weighted by atomic mass is 10.1. The average molecular weight is 190 g/mol. The molecule has 0 N–H and O–H groups in total. The molecule has 0 aromatic heterocycles. The number of esters is 1. The number of rotatable bonds is 4. The van der Waals surface area contributed by atoms with E-state index < -0.39 is 0 Å². The molecule has 74 valence electrons. The van der Waals surface area contributed by atoms with E-state index in [1.54, 1.807) is 0 Å². The summed E-state index contributed by atoms with van der Waals surface area (Å²) in [7, 11) is 0. The van der Waals surface area contributed by atoms with Gasteiger partial charge in [0.1, 0.15) is 6.61 Å². The van der Waals surface area contributed by atoms with Gasteiger partial charge in [0.15, 0.2) is 0 Å². The van der Waals surface area contributed by atoms with Gasteiger partial charge in [-0.1, -0.05) is 42.5 Å². The Morgan fingerprint density at radius 1 is 1.29 bits per heavy atom. The van der Waals surface area contributed by atoms with Crippen molar-refractivity contribution in [2.45, 2.75) is 13.3 Å². The number of ether oxygens (including phenoxy) is 1. The Labute approximate surface area is 84.2 Å². The number of allylic oxidation sites excluding steroid dienone is 1. The van der Waals surface area contributed by atoms with Crippen LogP contribution in [-0.2, 0) is 16.0 Å². The van der Waals surface area contributed by atoms with E-state index in [4.69, 9.17) is 4.74 Å². The second-order valence-electron chi connectivity index (χ2n) is 2.96. The van der Waals surface area contributed by atoms with Crippen LogP contribution in [0.25, 0.3) is 0 Å². The van der Waals surface area contributed by atoms with Gasteiger partial charge >= 0.3 is 5.97 Å². The molecule has 0 unspecified atom stereocenters. The maximum Gasteiger partial charge on any atom is 0.302 e. The molecule has 0 radical (unpaired) electrons. The van der Waals surface area contributed by atoms with Crippen molar-refractivity contribution in [1.82, 2.24) is 0 Å². The minimum Gasteiger partial charge on any atom is -0.462 e. The lowest BCUT2D eigenvalue weighted by molar-refractivity contribution is -0.139. The van der Waals surface area contributed by atoms with Gasteiger partial charge in [0.2, 0.25) is 0 Å². The minimum atomic E-state index is -0.241. The van der Waals surface area contributed by atoms with Crippen molar-refractivity contribution < 1.29 is 9.53 Å². The van der Waals surface area contributed by atoms with Gasteiger partial charge in [-0.15, -0.1) is 0 Å². The Morgan fingerprint density at radius 3 is 2.64 bits per heavy atom. The normalized spacial score (nSPS) is 10.4. The quantitative estimate of drug-likeness (QED) is 0.538. The van der Waals surface area contributed by atoms with Crippen LogP contribution in [-0.4, -0.2) is 12.6 Å². The van der Waals surface area contributed by atoms with Crippen molar-refractivity contribution in [3.63, 3.8) is 0 Å². The predicted octanol–water partition coefficient (Wildman–Crippen LogP) is 2.35. The van der Waals surface area contributed by atoms with Crippen molar-refractivity contribution >= 4 is 5.97 Å². The van der Waals surface area contributed by atoms with Gasteiger partial charge < -0.3 is 4.74 Å². The summed E-state index contributed by atoms with van der Waals surface area (Å²) in [4.78, 5) is 10.4. The fraction of sp³-hybridized carbons (Fsp3) is 0.250. The third-order valence-electron chi connectivity index (χ3n) is 1.75. The summed E-state index contributed by atoms with van der Waals surface area (Å²) in [5.74, 6) is -0.241. The maximum atomic E-state index is 10.4. The lowest BCUT2D eigenvalue weighted by Crippen LogP contribution is -1.97. The van der Waals surface area contributed by atoms with Crippen molar-refractivity contribution in [3.05, 3.63) is 48.0 Å². The first-order valence-electron chi connectivity index (χ1n) is 4.61.